The normalized spacial score (nSPS) is 14.8. The van der Waals surface area contributed by atoms with Crippen molar-refractivity contribution in [3.05, 3.63) is 53.4 Å². The first-order valence-corrected chi connectivity index (χ1v) is 7.40. The third-order valence-electron chi connectivity index (χ3n) is 3.68. The van der Waals surface area contributed by atoms with Crippen molar-refractivity contribution in [3.63, 3.8) is 0 Å². The van der Waals surface area contributed by atoms with Crippen molar-refractivity contribution in [1.29, 1.82) is 0 Å². The minimum absolute atomic E-state index is 0.0930. The second-order valence-electron chi connectivity index (χ2n) is 5.89. The zero-order valence-corrected chi connectivity index (χ0v) is 13.7. The van der Waals surface area contributed by atoms with Crippen LogP contribution < -0.4 is 10.6 Å². The van der Waals surface area contributed by atoms with Gasteiger partial charge in [-0.25, -0.2) is 13.6 Å². The van der Waals surface area contributed by atoms with Crippen LogP contribution in [0.4, 0.5) is 13.6 Å². The fourth-order valence-corrected chi connectivity index (χ4v) is 2.27. The first kappa shape index (κ1) is 17.9. The number of aromatic nitrogens is 2. The maximum absolute atomic E-state index is 13.8. The monoisotopic (exact) mass is 338 g/mol. The number of halogens is 2. The molecule has 1 aromatic carbocycles. The second kappa shape index (κ2) is 6.96. The van der Waals surface area contributed by atoms with Crippen LogP contribution >= 0.6 is 0 Å². The Morgan fingerprint density at radius 1 is 1.46 bits per heavy atom. The summed E-state index contributed by atoms with van der Waals surface area (Å²) >= 11 is 0. The number of amides is 2. The number of aryl methyl sites for hydroxylation is 1. The van der Waals surface area contributed by atoms with E-state index in [0.717, 1.165) is 17.7 Å². The van der Waals surface area contributed by atoms with Gasteiger partial charge in [-0.2, -0.15) is 5.10 Å². The molecule has 0 radical (unpaired) electrons. The van der Waals surface area contributed by atoms with Crippen LogP contribution in [0.5, 0.6) is 0 Å². The number of aliphatic hydroxyl groups is 1. The van der Waals surface area contributed by atoms with Crippen LogP contribution in [0.15, 0.2) is 30.6 Å². The number of carbonyl (C=O) groups excluding carboxylic acids is 1. The van der Waals surface area contributed by atoms with Crippen molar-refractivity contribution in [2.45, 2.75) is 25.5 Å². The summed E-state index contributed by atoms with van der Waals surface area (Å²) < 4.78 is 28.3. The lowest BCUT2D eigenvalue weighted by molar-refractivity contribution is 0.0554. The molecule has 1 heterocycles. The molecular weight excluding hydrogens is 318 g/mol. The topological polar surface area (TPSA) is 79.2 Å². The van der Waals surface area contributed by atoms with E-state index < -0.39 is 23.3 Å². The number of nitrogens with zero attached hydrogens (tertiary/aromatic N) is 2. The second-order valence-corrected chi connectivity index (χ2v) is 5.89. The van der Waals surface area contributed by atoms with Crippen LogP contribution in [0.2, 0.25) is 0 Å². The molecule has 0 bridgehead atoms. The van der Waals surface area contributed by atoms with Gasteiger partial charge in [-0.3, -0.25) is 4.68 Å². The van der Waals surface area contributed by atoms with Crippen LogP contribution in [-0.2, 0) is 12.6 Å². The summed E-state index contributed by atoms with van der Waals surface area (Å²) in [5, 5.41) is 19.5. The summed E-state index contributed by atoms with van der Waals surface area (Å²) in [5.41, 5.74) is -0.944. The fourth-order valence-electron chi connectivity index (χ4n) is 2.27. The molecule has 0 spiro atoms. The van der Waals surface area contributed by atoms with Gasteiger partial charge in [-0.15, -0.1) is 0 Å². The van der Waals surface area contributed by atoms with Crippen LogP contribution in [0.25, 0.3) is 0 Å². The number of urea groups is 1. The summed E-state index contributed by atoms with van der Waals surface area (Å²) in [5.74, 6) is -1.60. The highest BCUT2D eigenvalue weighted by Gasteiger charge is 2.27. The summed E-state index contributed by atoms with van der Waals surface area (Å²) in [6.07, 6.45) is 3.41. The van der Waals surface area contributed by atoms with Gasteiger partial charge >= 0.3 is 6.03 Å². The number of rotatable bonds is 5. The van der Waals surface area contributed by atoms with Gasteiger partial charge in [-0.1, -0.05) is 6.07 Å². The summed E-state index contributed by atoms with van der Waals surface area (Å²) in [6, 6.07) is 2.09. The zero-order valence-electron chi connectivity index (χ0n) is 13.7. The number of benzene rings is 1. The first-order valence-electron chi connectivity index (χ1n) is 7.40. The lowest BCUT2D eigenvalue weighted by Crippen LogP contribution is -2.44. The van der Waals surface area contributed by atoms with Crippen LogP contribution in [-0.4, -0.2) is 27.5 Å². The van der Waals surface area contributed by atoms with E-state index in [-0.39, 0.29) is 18.2 Å². The maximum Gasteiger partial charge on any atom is 0.315 e. The largest absolute Gasteiger partial charge is 0.383 e. The van der Waals surface area contributed by atoms with Crippen LogP contribution in [0.1, 0.15) is 31.0 Å². The van der Waals surface area contributed by atoms with Gasteiger partial charge in [0.25, 0.3) is 0 Å². The van der Waals surface area contributed by atoms with E-state index in [4.69, 9.17) is 0 Å². The molecule has 2 aromatic rings. The minimum Gasteiger partial charge on any atom is -0.383 e. The molecule has 1 aromatic heterocycles. The van der Waals surface area contributed by atoms with Crippen molar-refractivity contribution >= 4 is 6.03 Å². The lowest BCUT2D eigenvalue weighted by atomic mass is 9.95. The van der Waals surface area contributed by atoms with E-state index in [1.54, 1.807) is 31.0 Å². The predicted molar refractivity (Wildman–Crippen MR) is 84.1 cm³/mol. The molecule has 0 aliphatic carbocycles. The van der Waals surface area contributed by atoms with E-state index in [0.29, 0.717) is 6.07 Å². The average Bonchev–Trinajstić information content (AvgIpc) is 2.91. The number of hydrogen-bond acceptors (Lipinski definition) is 3. The summed E-state index contributed by atoms with van der Waals surface area (Å²) in [4.78, 5) is 11.9. The molecule has 0 aliphatic heterocycles. The number of carbonyl (C=O) groups is 1. The van der Waals surface area contributed by atoms with Crippen molar-refractivity contribution in [3.8, 4) is 0 Å². The molecule has 3 N–H and O–H groups in total. The lowest BCUT2D eigenvalue weighted by Gasteiger charge is -2.25. The Labute approximate surface area is 138 Å². The molecule has 2 rings (SSSR count). The zero-order chi connectivity index (χ0) is 17.9. The van der Waals surface area contributed by atoms with Gasteiger partial charge in [-0.05, 0) is 19.9 Å². The molecule has 0 aliphatic rings. The summed E-state index contributed by atoms with van der Waals surface area (Å²) in [7, 11) is 1.77. The fraction of sp³-hybridized carbons (Fsp3) is 0.375. The van der Waals surface area contributed by atoms with E-state index in [1.165, 1.54) is 6.92 Å². The standard InChI is InChI=1S/C16H20F2N4O2/c1-10(11-7-20-22(3)8-11)21-15(23)19-9-16(2,24)13-5-4-12(17)6-14(13)18/h4-8,10,24H,9H2,1-3H3,(H2,19,21,23). The van der Waals surface area contributed by atoms with E-state index in [1.807, 2.05) is 0 Å². The molecule has 0 saturated heterocycles. The Morgan fingerprint density at radius 2 is 2.17 bits per heavy atom. The Hall–Kier alpha value is -2.48. The molecule has 8 heteroatoms. The molecular formula is C16H20F2N4O2. The molecule has 0 fully saturated rings. The van der Waals surface area contributed by atoms with Crippen LogP contribution in [0.3, 0.4) is 0 Å². The van der Waals surface area contributed by atoms with Crippen molar-refractivity contribution in [2.75, 3.05) is 6.54 Å². The van der Waals surface area contributed by atoms with Crippen molar-refractivity contribution < 1.29 is 18.7 Å². The van der Waals surface area contributed by atoms with Gasteiger partial charge in [0.05, 0.1) is 18.8 Å². The Balaban J connectivity index is 1.94. The molecule has 130 valence electrons. The number of hydrogen-bond donors (Lipinski definition) is 3. The highest BCUT2D eigenvalue weighted by Crippen LogP contribution is 2.23. The smallest absolute Gasteiger partial charge is 0.315 e. The highest BCUT2D eigenvalue weighted by atomic mass is 19.1. The maximum atomic E-state index is 13.8. The Morgan fingerprint density at radius 3 is 2.75 bits per heavy atom. The SMILES string of the molecule is CC(NC(=O)NCC(C)(O)c1ccc(F)cc1F)c1cnn(C)c1. The highest BCUT2D eigenvalue weighted by molar-refractivity contribution is 5.74. The van der Waals surface area contributed by atoms with Crippen LogP contribution in [0, 0.1) is 11.6 Å². The molecule has 2 unspecified atom stereocenters. The van der Waals surface area contributed by atoms with Gasteiger partial charge in [0, 0.05) is 30.4 Å². The summed E-state index contributed by atoms with van der Waals surface area (Å²) in [6.45, 7) is 2.89. The quantitative estimate of drug-likeness (QED) is 0.780. The third kappa shape index (κ3) is 4.29. The number of nitrogens with one attached hydrogen (secondary N) is 2. The predicted octanol–water partition coefficient (Wildman–Crippen LogP) is 1.97. The van der Waals surface area contributed by atoms with E-state index in [9.17, 15) is 18.7 Å². The van der Waals surface area contributed by atoms with Crippen molar-refractivity contribution in [1.82, 2.24) is 20.4 Å². The first-order chi connectivity index (χ1) is 11.2. The van der Waals surface area contributed by atoms with Gasteiger partial charge in [0.15, 0.2) is 0 Å². The van der Waals surface area contributed by atoms with E-state index in [2.05, 4.69) is 15.7 Å². The van der Waals surface area contributed by atoms with Gasteiger partial charge in [0.2, 0.25) is 0 Å². The molecule has 0 saturated carbocycles. The van der Waals surface area contributed by atoms with Gasteiger partial charge in [0.1, 0.15) is 17.2 Å². The molecule has 2 amide bonds. The Bertz CT molecular complexity index is 731. The molecule has 2 atom stereocenters. The Kier molecular flexibility index (Phi) is 5.18. The molecule has 6 nitrogen and oxygen atoms in total. The van der Waals surface area contributed by atoms with Crippen molar-refractivity contribution in [2.24, 2.45) is 7.05 Å². The average molecular weight is 338 g/mol. The van der Waals surface area contributed by atoms with E-state index >= 15 is 0 Å². The molecule has 24 heavy (non-hydrogen) atoms. The van der Waals surface area contributed by atoms with Gasteiger partial charge < -0.3 is 15.7 Å². The third-order valence-corrected chi connectivity index (χ3v) is 3.68. The minimum atomic E-state index is -1.67.